The molecule has 0 spiro atoms. The van der Waals surface area contributed by atoms with E-state index >= 15 is 0 Å². The minimum Gasteiger partial charge on any atom is -0.450 e. The lowest BCUT2D eigenvalue weighted by Crippen LogP contribution is -2.29. The standard InChI is InChI=1S/C25H15ClN2O3S/c1-13-6-8-14(9-7-13)21-20-22(29)16-4-2-3-5-18(16)31-23(20)24(30)28(21)25-27-17-11-10-15(26)12-19(17)32-25/h2-12,21H,1H3/t21-/m1/s1. The normalized spacial score (nSPS) is 15.6. The zero-order chi connectivity index (χ0) is 22.0. The van der Waals surface area contributed by atoms with Gasteiger partial charge in [-0.2, -0.15) is 0 Å². The Bertz CT molecular complexity index is 1600. The summed E-state index contributed by atoms with van der Waals surface area (Å²) in [4.78, 5) is 33.4. The van der Waals surface area contributed by atoms with E-state index in [2.05, 4.69) is 4.98 Å². The van der Waals surface area contributed by atoms with Gasteiger partial charge >= 0.3 is 0 Å². The minimum absolute atomic E-state index is 0.0663. The van der Waals surface area contributed by atoms with Gasteiger partial charge in [-0.25, -0.2) is 4.98 Å². The highest BCUT2D eigenvalue weighted by Gasteiger charge is 2.44. The van der Waals surface area contributed by atoms with Crippen molar-refractivity contribution in [3.8, 4) is 0 Å². The summed E-state index contributed by atoms with van der Waals surface area (Å²) in [6.07, 6.45) is 0. The van der Waals surface area contributed by atoms with E-state index in [4.69, 9.17) is 16.0 Å². The Morgan fingerprint density at radius 1 is 1.03 bits per heavy atom. The average Bonchev–Trinajstić information content (AvgIpc) is 3.33. The molecule has 1 aliphatic rings. The van der Waals surface area contributed by atoms with Crippen LogP contribution >= 0.6 is 22.9 Å². The monoisotopic (exact) mass is 458 g/mol. The Labute approximate surface area is 191 Å². The molecule has 0 fully saturated rings. The van der Waals surface area contributed by atoms with E-state index in [9.17, 15) is 9.59 Å². The molecule has 5 nitrogen and oxygen atoms in total. The Kier molecular flexibility index (Phi) is 4.22. The number of thiazole rings is 1. The van der Waals surface area contributed by atoms with E-state index in [0.717, 1.165) is 21.3 Å². The molecule has 3 aromatic carbocycles. The number of para-hydroxylation sites is 1. The van der Waals surface area contributed by atoms with Crippen molar-refractivity contribution >= 4 is 55.2 Å². The summed E-state index contributed by atoms with van der Waals surface area (Å²) in [6.45, 7) is 1.99. The summed E-state index contributed by atoms with van der Waals surface area (Å²) in [5.74, 6) is -0.310. The van der Waals surface area contributed by atoms with Crippen LogP contribution < -0.4 is 10.3 Å². The Hall–Kier alpha value is -3.48. The maximum Gasteiger partial charge on any atom is 0.297 e. The molecule has 3 heterocycles. The smallest absolute Gasteiger partial charge is 0.297 e. The molecule has 0 bridgehead atoms. The third-order valence-corrected chi connectivity index (χ3v) is 6.97. The van der Waals surface area contributed by atoms with Gasteiger partial charge in [0.25, 0.3) is 5.91 Å². The van der Waals surface area contributed by atoms with Gasteiger partial charge < -0.3 is 4.42 Å². The van der Waals surface area contributed by atoms with Crippen molar-refractivity contribution < 1.29 is 9.21 Å². The van der Waals surface area contributed by atoms with Crippen LogP contribution in [0.3, 0.4) is 0 Å². The fraction of sp³-hybridized carbons (Fsp3) is 0.0800. The van der Waals surface area contributed by atoms with Crippen LogP contribution in [0.25, 0.3) is 21.2 Å². The summed E-state index contributed by atoms with van der Waals surface area (Å²) < 4.78 is 6.85. The topological polar surface area (TPSA) is 63.4 Å². The van der Waals surface area contributed by atoms with Gasteiger partial charge in [-0.3, -0.25) is 14.5 Å². The number of amides is 1. The molecule has 1 aliphatic heterocycles. The van der Waals surface area contributed by atoms with E-state index in [1.165, 1.54) is 11.3 Å². The molecule has 2 aromatic heterocycles. The molecule has 6 rings (SSSR count). The van der Waals surface area contributed by atoms with E-state index in [1.54, 1.807) is 35.2 Å². The Balaban J connectivity index is 1.64. The molecule has 1 atom stereocenters. The number of halogens is 1. The van der Waals surface area contributed by atoms with Crippen LogP contribution in [-0.4, -0.2) is 10.9 Å². The van der Waals surface area contributed by atoms with Crippen molar-refractivity contribution in [3.63, 3.8) is 0 Å². The fourth-order valence-corrected chi connectivity index (χ4v) is 5.44. The van der Waals surface area contributed by atoms with Crippen LogP contribution in [0, 0.1) is 6.92 Å². The number of anilines is 1. The molecular formula is C25H15ClN2O3S. The first kappa shape index (κ1) is 19.2. The van der Waals surface area contributed by atoms with Gasteiger partial charge in [-0.15, -0.1) is 0 Å². The Morgan fingerprint density at radius 2 is 1.81 bits per heavy atom. The number of hydrogen-bond donors (Lipinski definition) is 0. The van der Waals surface area contributed by atoms with Crippen molar-refractivity contribution in [2.45, 2.75) is 13.0 Å². The first-order chi connectivity index (χ1) is 15.5. The highest BCUT2D eigenvalue weighted by atomic mass is 35.5. The minimum atomic E-state index is -0.630. The lowest BCUT2D eigenvalue weighted by atomic mass is 9.98. The number of rotatable bonds is 2. The highest BCUT2D eigenvalue weighted by Crippen LogP contribution is 2.43. The summed E-state index contributed by atoms with van der Waals surface area (Å²) in [5.41, 5.74) is 3.19. The SMILES string of the molecule is Cc1ccc([C@@H]2c3c(oc4ccccc4c3=O)C(=O)N2c2nc3ccc(Cl)cc3s2)cc1. The molecule has 5 aromatic rings. The number of carbonyl (C=O) groups excluding carboxylic acids is 1. The largest absolute Gasteiger partial charge is 0.450 e. The molecule has 0 unspecified atom stereocenters. The zero-order valence-corrected chi connectivity index (χ0v) is 18.4. The predicted molar refractivity (Wildman–Crippen MR) is 127 cm³/mol. The van der Waals surface area contributed by atoms with Gasteiger partial charge in [0.05, 0.1) is 27.2 Å². The quantitative estimate of drug-likeness (QED) is 0.320. The number of nitrogens with zero attached hydrogens (tertiary/aromatic N) is 2. The molecule has 0 saturated heterocycles. The van der Waals surface area contributed by atoms with Crippen LogP contribution in [0.2, 0.25) is 5.02 Å². The number of aryl methyl sites for hydroxylation is 1. The van der Waals surface area contributed by atoms with Crippen molar-refractivity contribution in [1.29, 1.82) is 0 Å². The lowest BCUT2D eigenvalue weighted by molar-refractivity contribution is 0.0971. The van der Waals surface area contributed by atoms with Gasteiger partial charge in [0.15, 0.2) is 10.6 Å². The van der Waals surface area contributed by atoms with Crippen LogP contribution in [0.15, 0.2) is 75.9 Å². The molecule has 7 heteroatoms. The third-order valence-electron chi connectivity index (χ3n) is 5.72. The van der Waals surface area contributed by atoms with Crippen molar-refractivity contribution in [3.05, 3.63) is 104 Å². The fourth-order valence-electron chi connectivity index (χ4n) is 4.17. The highest BCUT2D eigenvalue weighted by molar-refractivity contribution is 7.22. The van der Waals surface area contributed by atoms with Gasteiger partial charge in [0, 0.05) is 5.02 Å². The average molecular weight is 459 g/mol. The summed E-state index contributed by atoms with van der Waals surface area (Å²) in [7, 11) is 0. The summed E-state index contributed by atoms with van der Waals surface area (Å²) in [5, 5.41) is 1.55. The molecule has 0 radical (unpaired) electrons. The van der Waals surface area contributed by atoms with E-state index in [0.29, 0.717) is 26.7 Å². The van der Waals surface area contributed by atoms with Gasteiger partial charge in [-0.05, 0) is 42.8 Å². The molecule has 0 aliphatic carbocycles. The van der Waals surface area contributed by atoms with Crippen molar-refractivity contribution in [1.82, 2.24) is 4.98 Å². The number of hydrogen-bond acceptors (Lipinski definition) is 5. The first-order valence-corrected chi connectivity index (χ1v) is 11.2. The van der Waals surface area contributed by atoms with Crippen molar-refractivity contribution in [2.24, 2.45) is 0 Å². The summed E-state index contributed by atoms with van der Waals surface area (Å²) >= 11 is 7.51. The summed E-state index contributed by atoms with van der Waals surface area (Å²) in [6, 6.07) is 19.6. The second-order valence-electron chi connectivity index (χ2n) is 7.77. The number of carbonyl (C=O) groups is 1. The predicted octanol–water partition coefficient (Wildman–Crippen LogP) is 6.11. The first-order valence-electron chi connectivity index (χ1n) is 10.0. The second-order valence-corrected chi connectivity index (χ2v) is 9.21. The van der Waals surface area contributed by atoms with Crippen LogP contribution in [0.1, 0.15) is 33.3 Å². The van der Waals surface area contributed by atoms with Crippen LogP contribution in [0.4, 0.5) is 5.13 Å². The van der Waals surface area contributed by atoms with Gasteiger partial charge in [0.1, 0.15) is 5.58 Å². The molecule has 0 saturated carbocycles. The number of benzene rings is 3. The van der Waals surface area contributed by atoms with Crippen molar-refractivity contribution in [2.75, 3.05) is 4.90 Å². The maximum atomic E-state index is 13.6. The number of aromatic nitrogens is 1. The van der Waals surface area contributed by atoms with Gasteiger partial charge in [-0.1, -0.05) is 64.9 Å². The maximum absolute atomic E-state index is 13.6. The third kappa shape index (κ3) is 2.80. The van der Waals surface area contributed by atoms with Gasteiger partial charge in [0.2, 0.25) is 5.76 Å². The molecule has 0 N–H and O–H groups in total. The van der Waals surface area contributed by atoms with Crippen LogP contribution in [0.5, 0.6) is 0 Å². The van der Waals surface area contributed by atoms with E-state index in [1.807, 2.05) is 43.3 Å². The van der Waals surface area contributed by atoms with E-state index < -0.39 is 6.04 Å². The van der Waals surface area contributed by atoms with Crippen LogP contribution in [-0.2, 0) is 0 Å². The zero-order valence-electron chi connectivity index (χ0n) is 16.8. The Morgan fingerprint density at radius 3 is 2.62 bits per heavy atom. The second kappa shape index (κ2) is 7.02. The molecule has 156 valence electrons. The molecule has 32 heavy (non-hydrogen) atoms. The van der Waals surface area contributed by atoms with E-state index in [-0.39, 0.29) is 17.1 Å². The lowest BCUT2D eigenvalue weighted by Gasteiger charge is -2.22. The molecular weight excluding hydrogens is 444 g/mol. The molecule has 1 amide bonds. The number of fused-ring (bicyclic) bond motifs is 3.